The predicted molar refractivity (Wildman–Crippen MR) is 85.2 cm³/mol. The van der Waals surface area contributed by atoms with Crippen molar-refractivity contribution in [2.45, 2.75) is 0 Å². The minimum absolute atomic E-state index is 0.817. The second-order valence-corrected chi connectivity index (χ2v) is 5.01. The van der Waals surface area contributed by atoms with Gasteiger partial charge in [-0.15, -0.1) is 0 Å². The topological polar surface area (TPSA) is 17.1 Å². The third-order valence-electron chi connectivity index (χ3n) is 3.92. The SMILES string of the molecule is O=C/C=C/c1ccc2ccc3cccc4ccc1c2c34. The van der Waals surface area contributed by atoms with Gasteiger partial charge < -0.3 is 0 Å². The van der Waals surface area contributed by atoms with Crippen molar-refractivity contribution in [3.8, 4) is 0 Å². The van der Waals surface area contributed by atoms with E-state index in [0.29, 0.717) is 0 Å². The lowest BCUT2D eigenvalue weighted by Crippen LogP contribution is -1.85. The first kappa shape index (κ1) is 11.2. The fraction of sp³-hybridized carbons (Fsp3) is 0. The molecule has 0 atom stereocenters. The summed E-state index contributed by atoms with van der Waals surface area (Å²) in [5.74, 6) is 0. The summed E-state index contributed by atoms with van der Waals surface area (Å²) in [6.07, 6.45) is 4.24. The number of benzene rings is 4. The second-order valence-electron chi connectivity index (χ2n) is 5.01. The summed E-state index contributed by atoms with van der Waals surface area (Å²) in [4.78, 5) is 10.6. The first-order valence-electron chi connectivity index (χ1n) is 6.67. The molecular formula is C19H12O. The van der Waals surface area contributed by atoms with Crippen LogP contribution in [0.5, 0.6) is 0 Å². The Morgan fingerprint density at radius 3 is 2.10 bits per heavy atom. The van der Waals surface area contributed by atoms with E-state index in [-0.39, 0.29) is 0 Å². The molecule has 0 saturated carbocycles. The van der Waals surface area contributed by atoms with Gasteiger partial charge in [-0.3, -0.25) is 4.79 Å². The van der Waals surface area contributed by atoms with Crippen molar-refractivity contribution in [3.63, 3.8) is 0 Å². The van der Waals surface area contributed by atoms with Gasteiger partial charge in [0.15, 0.2) is 0 Å². The Labute approximate surface area is 116 Å². The van der Waals surface area contributed by atoms with E-state index < -0.39 is 0 Å². The maximum atomic E-state index is 10.6. The number of rotatable bonds is 2. The molecule has 0 aromatic heterocycles. The minimum Gasteiger partial charge on any atom is -0.299 e. The van der Waals surface area contributed by atoms with Crippen molar-refractivity contribution < 1.29 is 4.79 Å². The summed E-state index contributed by atoms with van der Waals surface area (Å²) in [6, 6.07) is 19.2. The highest BCUT2D eigenvalue weighted by Crippen LogP contribution is 2.36. The molecule has 0 bridgehead atoms. The van der Waals surface area contributed by atoms with Crippen LogP contribution in [-0.4, -0.2) is 6.29 Å². The summed E-state index contributed by atoms with van der Waals surface area (Å²) in [5, 5.41) is 7.56. The Hall–Kier alpha value is -2.67. The fourth-order valence-electron chi connectivity index (χ4n) is 3.05. The summed E-state index contributed by atoms with van der Waals surface area (Å²) < 4.78 is 0. The van der Waals surface area contributed by atoms with E-state index >= 15 is 0 Å². The van der Waals surface area contributed by atoms with Crippen LogP contribution < -0.4 is 0 Å². The average Bonchev–Trinajstić information content (AvgIpc) is 2.51. The van der Waals surface area contributed by atoms with Crippen LogP contribution in [0, 0.1) is 0 Å². The number of carbonyl (C=O) groups excluding carboxylic acids is 1. The van der Waals surface area contributed by atoms with Crippen LogP contribution in [-0.2, 0) is 4.79 Å². The molecule has 94 valence electrons. The van der Waals surface area contributed by atoms with E-state index in [4.69, 9.17) is 0 Å². The molecule has 0 N–H and O–H groups in total. The van der Waals surface area contributed by atoms with Crippen molar-refractivity contribution in [1.82, 2.24) is 0 Å². The standard InChI is InChI=1S/C19H12O/c20-12-2-5-13-6-7-16-9-8-14-3-1-4-15-10-11-17(13)19(16)18(14)15/h1-12H/b5-2+. The zero-order valence-electron chi connectivity index (χ0n) is 10.8. The van der Waals surface area contributed by atoms with Gasteiger partial charge >= 0.3 is 0 Å². The van der Waals surface area contributed by atoms with Crippen LogP contribution in [0.1, 0.15) is 5.56 Å². The summed E-state index contributed by atoms with van der Waals surface area (Å²) in [7, 11) is 0. The predicted octanol–water partition coefficient (Wildman–Crippen LogP) is 4.80. The lowest BCUT2D eigenvalue weighted by molar-refractivity contribution is -0.104. The number of allylic oxidation sites excluding steroid dienone is 1. The highest BCUT2D eigenvalue weighted by atomic mass is 16.1. The smallest absolute Gasteiger partial charge is 0.142 e. The second kappa shape index (κ2) is 4.17. The zero-order chi connectivity index (χ0) is 13.5. The van der Waals surface area contributed by atoms with Gasteiger partial charge in [0.1, 0.15) is 6.29 Å². The van der Waals surface area contributed by atoms with E-state index in [1.807, 2.05) is 6.08 Å². The van der Waals surface area contributed by atoms with Crippen LogP contribution in [0.15, 0.2) is 60.7 Å². The monoisotopic (exact) mass is 256 g/mol. The molecule has 20 heavy (non-hydrogen) atoms. The Balaban J connectivity index is 2.25. The molecule has 0 unspecified atom stereocenters. The van der Waals surface area contributed by atoms with Gasteiger partial charge in [0, 0.05) is 0 Å². The first-order chi connectivity index (χ1) is 9.88. The minimum atomic E-state index is 0.817. The van der Waals surface area contributed by atoms with Gasteiger partial charge in [-0.05, 0) is 44.0 Å². The van der Waals surface area contributed by atoms with Gasteiger partial charge in [0.25, 0.3) is 0 Å². The van der Waals surface area contributed by atoms with Crippen molar-refractivity contribution in [2.75, 3.05) is 0 Å². The normalized spacial score (nSPS) is 12.0. The molecule has 0 spiro atoms. The number of hydrogen-bond acceptors (Lipinski definition) is 1. The average molecular weight is 256 g/mol. The lowest BCUT2D eigenvalue weighted by atomic mass is 9.92. The van der Waals surface area contributed by atoms with E-state index in [0.717, 1.165) is 11.8 Å². The molecule has 0 aliphatic rings. The molecule has 0 aliphatic heterocycles. The van der Waals surface area contributed by atoms with Gasteiger partial charge in [-0.25, -0.2) is 0 Å². The van der Waals surface area contributed by atoms with Crippen LogP contribution in [0.4, 0.5) is 0 Å². The molecule has 4 aromatic carbocycles. The Bertz CT molecular complexity index is 948. The Morgan fingerprint density at radius 2 is 1.35 bits per heavy atom. The molecule has 4 rings (SSSR count). The van der Waals surface area contributed by atoms with Crippen molar-refractivity contribution >= 4 is 44.7 Å². The zero-order valence-corrected chi connectivity index (χ0v) is 10.8. The highest BCUT2D eigenvalue weighted by molar-refractivity contribution is 6.24. The molecule has 0 radical (unpaired) electrons. The molecule has 0 heterocycles. The number of aldehydes is 1. The summed E-state index contributed by atoms with van der Waals surface area (Å²) >= 11 is 0. The van der Waals surface area contributed by atoms with Crippen LogP contribution >= 0.6 is 0 Å². The molecule has 0 amide bonds. The molecular weight excluding hydrogens is 244 g/mol. The van der Waals surface area contributed by atoms with E-state index in [9.17, 15) is 4.79 Å². The van der Waals surface area contributed by atoms with Gasteiger partial charge in [-0.1, -0.05) is 60.7 Å². The summed E-state index contributed by atoms with van der Waals surface area (Å²) in [5.41, 5.74) is 1.09. The van der Waals surface area contributed by atoms with Gasteiger partial charge in [0.2, 0.25) is 0 Å². The van der Waals surface area contributed by atoms with Gasteiger partial charge in [-0.2, -0.15) is 0 Å². The largest absolute Gasteiger partial charge is 0.299 e. The maximum absolute atomic E-state index is 10.6. The van der Waals surface area contributed by atoms with Gasteiger partial charge in [0.05, 0.1) is 0 Å². The molecule has 1 heteroatoms. The van der Waals surface area contributed by atoms with E-state index in [1.54, 1.807) is 6.08 Å². The maximum Gasteiger partial charge on any atom is 0.142 e. The quantitative estimate of drug-likeness (QED) is 0.286. The Morgan fingerprint density at radius 1 is 0.700 bits per heavy atom. The molecule has 1 nitrogen and oxygen atoms in total. The summed E-state index contributed by atoms with van der Waals surface area (Å²) in [6.45, 7) is 0. The van der Waals surface area contributed by atoms with Crippen LogP contribution in [0.25, 0.3) is 38.4 Å². The lowest BCUT2D eigenvalue weighted by Gasteiger charge is -2.12. The molecule has 0 saturated heterocycles. The third kappa shape index (κ3) is 1.47. The van der Waals surface area contributed by atoms with Crippen molar-refractivity contribution in [1.29, 1.82) is 0 Å². The Kier molecular flexibility index (Phi) is 2.33. The molecule has 0 aliphatic carbocycles. The van der Waals surface area contributed by atoms with Crippen molar-refractivity contribution in [3.05, 3.63) is 66.2 Å². The first-order valence-corrected chi connectivity index (χ1v) is 6.67. The highest BCUT2D eigenvalue weighted by Gasteiger charge is 2.09. The third-order valence-corrected chi connectivity index (χ3v) is 3.92. The van der Waals surface area contributed by atoms with E-state index in [2.05, 4.69) is 54.6 Å². The fourth-order valence-corrected chi connectivity index (χ4v) is 3.05. The van der Waals surface area contributed by atoms with Crippen LogP contribution in [0.2, 0.25) is 0 Å². The molecule has 4 aromatic rings. The number of carbonyl (C=O) groups is 1. The van der Waals surface area contributed by atoms with E-state index in [1.165, 1.54) is 32.3 Å². The van der Waals surface area contributed by atoms with Crippen LogP contribution in [0.3, 0.4) is 0 Å². The molecule has 0 fully saturated rings. The van der Waals surface area contributed by atoms with Crippen molar-refractivity contribution in [2.24, 2.45) is 0 Å². The number of hydrogen-bond donors (Lipinski definition) is 0.